The van der Waals surface area contributed by atoms with Gasteiger partial charge < -0.3 is 15.3 Å². The fourth-order valence-corrected chi connectivity index (χ4v) is 2.25. The van der Waals surface area contributed by atoms with Gasteiger partial charge in [0.25, 0.3) is 0 Å². The molecule has 1 aromatic heterocycles. The summed E-state index contributed by atoms with van der Waals surface area (Å²) in [4.78, 5) is 17.8. The molecule has 2 amide bonds. The Balaban J connectivity index is 1.92. The number of aliphatic hydroxyl groups excluding tert-OH is 1. The molecule has 104 valence electrons. The van der Waals surface area contributed by atoms with Crippen LogP contribution in [-0.2, 0) is 0 Å². The number of hydrogen-bond donors (Lipinski definition) is 2. The van der Waals surface area contributed by atoms with E-state index in [0.717, 1.165) is 18.4 Å². The smallest absolute Gasteiger partial charge is 0.321 e. The molecule has 0 radical (unpaired) electrons. The predicted octanol–water partition coefficient (Wildman–Crippen LogP) is 2.28. The summed E-state index contributed by atoms with van der Waals surface area (Å²) in [7, 11) is 0. The Bertz CT molecular complexity index is 459. The average Bonchev–Trinajstić information content (AvgIpc) is 2.43. The van der Waals surface area contributed by atoms with Crippen LogP contribution >= 0.6 is 11.6 Å². The van der Waals surface area contributed by atoms with Crippen LogP contribution in [0.25, 0.3) is 0 Å². The molecule has 0 saturated carbocycles. The van der Waals surface area contributed by atoms with Crippen LogP contribution in [0, 0.1) is 12.8 Å². The highest BCUT2D eigenvalue weighted by atomic mass is 35.5. The maximum atomic E-state index is 12.1. The van der Waals surface area contributed by atoms with Crippen molar-refractivity contribution in [3.8, 4) is 0 Å². The highest BCUT2D eigenvalue weighted by molar-refractivity contribution is 6.30. The van der Waals surface area contributed by atoms with Crippen LogP contribution in [-0.4, -0.2) is 40.7 Å². The van der Waals surface area contributed by atoms with Crippen LogP contribution in [0.2, 0.25) is 5.15 Å². The van der Waals surface area contributed by atoms with Crippen molar-refractivity contribution in [2.45, 2.75) is 19.8 Å². The number of aliphatic hydroxyl groups is 1. The Morgan fingerprint density at radius 3 is 2.84 bits per heavy atom. The summed E-state index contributed by atoms with van der Waals surface area (Å²) in [6.07, 6.45) is 3.25. The number of urea groups is 1. The minimum atomic E-state index is -0.125. The van der Waals surface area contributed by atoms with Crippen LogP contribution in [0.15, 0.2) is 12.3 Å². The summed E-state index contributed by atoms with van der Waals surface area (Å²) < 4.78 is 0. The molecule has 2 N–H and O–H groups in total. The molecule has 6 heteroatoms. The van der Waals surface area contributed by atoms with Gasteiger partial charge in [0.05, 0.1) is 11.9 Å². The molecule has 0 aliphatic carbocycles. The summed E-state index contributed by atoms with van der Waals surface area (Å²) in [5.74, 6) is 0.323. The molecular formula is C13H18ClN3O2. The molecule has 1 fully saturated rings. The fraction of sp³-hybridized carbons (Fsp3) is 0.538. The molecule has 19 heavy (non-hydrogen) atoms. The number of rotatable bonds is 2. The molecule has 1 aromatic rings. The van der Waals surface area contributed by atoms with Gasteiger partial charge in [0.15, 0.2) is 0 Å². The van der Waals surface area contributed by atoms with E-state index < -0.39 is 0 Å². The number of pyridine rings is 1. The van der Waals surface area contributed by atoms with Crippen molar-refractivity contribution < 1.29 is 9.90 Å². The second kappa shape index (κ2) is 6.21. The van der Waals surface area contributed by atoms with Gasteiger partial charge in [-0.3, -0.25) is 0 Å². The molecule has 1 saturated heterocycles. The lowest BCUT2D eigenvalue weighted by atomic mass is 9.98. The largest absolute Gasteiger partial charge is 0.396 e. The minimum Gasteiger partial charge on any atom is -0.396 e. The lowest BCUT2D eigenvalue weighted by molar-refractivity contribution is 0.143. The lowest BCUT2D eigenvalue weighted by Gasteiger charge is -2.31. The van der Waals surface area contributed by atoms with Crippen LogP contribution in [0.1, 0.15) is 18.4 Å². The van der Waals surface area contributed by atoms with E-state index in [2.05, 4.69) is 10.3 Å². The Morgan fingerprint density at radius 2 is 2.26 bits per heavy atom. The number of amides is 2. The quantitative estimate of drug-likeness (QED) is 0.819. The predicted molar refractivity (Wildman–Crippen MR) is 74.4 cm³/mol. The molecule has 0 aromatic carbocycles. The van der Waals surface area contributed by atoms with E-state index >= 15 is 0 Å². The number of hydrogen-bond acceptors (Lipinski definition) is 3. The first-order chi connectivity index (χ1) is 9.10. The monoisotopic (exact) mass is 283 g/mol. The number of nitrogens with one attached hydrogen (secondary N) is 1. The van der Waals surface area contributed by atoms with Crippen molar-refractivity contribution in [3.05, 3.63) is 23.0 Å². The second-order valence-electron chi connectivity index (χ2n) is 4.87. The third-order valence-corrected chi connectivity index (χ3v) is 3.82. The van der Waals surface area contributed by atoms with E-state index in [1.165, 1.54) is 0 Å². The minimum absolute atomic E-state index is 0.125. The van der Waals surface area contributed by atoms with Crippen LogP contribution in [0.3, 0.4) is 0 Å². The lowest BCUT2D eigenvalue weighted by Crippen LogP contribution is -2.41. The summed E-state index contributed by atoms with van der Waals surface area (Å²) in [5, 5.41) is 12.3. The number of carbonyl (C=O) groups excluding carboxylic acids is 1. The first-order valence-corrected chi connectivity index (χ1v) is 6.77. The van der Waals surface area contributed by atoms with Gasteiger partial charge in [-0.15, -0.1) is 0 Å². The fourth-order valence-electron chi connectivity index (χ4n) is 2.15. The molecule has 0 spiro atoms. The third-order valence-electron chi connectivity index (χ3n) is 3.43. The first-order valence-electron chi connectivity index (χ1n) is 6.39. The molecule has 0 unspecified atom stereocenters. The number of halogens is 1. The SMILES string of the molecule is Cc1cc(NC(=O)N2CCC(CO)CC2)cnc1Cl. The van der Waals surface area contributed by atoms with Crippen molar-refractivity contribution in [2.24, 2.45) is 5.92 Å². The number of likely N-dealkylation sites (tertiary alicyclic amines) is 1. The van der Waals surface area contributed by atoms with Gasteiger partial charge in [0, 0.05) is 19.7 Å². The Kier molecular flexibility index (Phi) is 4.61. The van der Waals surface area contributed by atoms with Crippen molar-refractivity contribution in [2.75, 3.05) is 25.0 Å². The van der Waals surface area contributed by atoms with Gasteiger partial charge in [0.1, 0.15) is 5.15 Å². The van der Waals surface area contributed by atoms with E-state index in [4.69, 9.17) is 16.7 Å². The molecule has 1 aliphatic rings. The molecule has 5 nitrogen and oxygen atoms in total. The highest BCUT2D eigenvalue weighted by Crippen LogP contribution is 2.19. The topological polar surface area (TPSA) is 65.5 Å². The summed E-state index contributed by atoms with van der Waals surface area (Å²) >= 11 is 5.84. The van der Waals surface area contributed by atoms with E-state index in [0.29, 0.717) is 29.8 Å². The van der Waals surface area contributed by atoms with E-state index in [-0.39, 0.29) is 12.6 Å². The standard InChI is InChI=1S/C13H18ClN3O2/c1-9-6-11(7-15-12(9)14)16-13(19)17-4-2-10(8-18)3-5-17/h6-7,10,18H,2-5,8H2,1H3,(H,16,19). The molecule has 2 heterocycles. The van der Waals surface area contributed by atoms with Crippen molar-refractivity contribution >= 4 is 23.3 Å². The van der Waals surface area contributed by atoms with Gasteiger partial charge in [-0.2, -0.15) is 0 Å². The molecular weight excluding hydrogens is 266 g/mol. The molecule has 0 bridgehead atoms. The van der Waals surface area contributed by atoms with Gasteiger partial charge in [0.2, 0.25) is 0 Å². The second-order valence-corrected chi connectivity index (χ2v) is 5.23. The zero-order valence-corrected chi connectivity index (χ0v) is 11.7. The van der Waals surface area contributed by atoms with Crippen LogP contribution in [0.4, 0.5) is 10.5 Å². The van der Waals surface area contributed by atoms with Crippen LogP contribution < -0.4 is 5.32 Å². The number of piperidine rings is 1. The zero-order chi connectivity index (χ0) is 13.8. The molecule has 0 atom stereocenters. The first kappa shape index (κ1) is 14.1. The number of anilines is 1. The number of aryl methyl sites for hydroxylation is 1. The van der Waals surface area contributed by atoms with Crippen LogP contribution in [0.5, 0.6) is 0 Å². The van der Waals surface area contributed by atoms with Gasteiger partial charge in [-0.1, -0.05) is 11.6 Å². The maximum Gasteiger partial charge on any atom is 0.321 e. The summed E-state index contributed by atoms with van der Waals surface area (Å²) in [6.45, 7) is 3.40. The number of nitrogens with zero attached hydrogens (tertiary/aromatic N) is 2. The van der Waals surface area contributed by atoms with Crippen molar-refractivity contribution in [1.29, 1.82) is 0 Å². The third kappa shape index (κ3) is 3.58. The Morgan fingerprint density at radius 1 is 1.58 bits per heavy atom. The number of carbonyl (C=O) groups is 1. The van der Waals surface area contributed by atoms with E-state index in [1.807, 2.05) is 6.92 Å². The van der Waals surface area contributed by atoms with E-state index in [1.54, 1.807) is 17.2 Å². The van der Waals surface area contributed by atoms with Gasteiger partial charge in [-0.05, 0) is 37.3 Å². The Hall–Kier alpha value is -1.33. The summed E-state index contributed by atoms with van der Waals surface area (Å²) in [6, 6.07) is 1.67. The van der Waals surface area contributed by atoms with Crippen molar-refractivity contribution in [3.63, 3.8) is 0 Å². The zero-order valence-electron chi connectivity index (χ0n) is 10.9. The average molecular weight is 284 g/mol. The maximum absolute atomic E-state index is 12.1. The molecule has 1 aliphatic heterocycles. The highest BCUT2D eigenvalue weighted by Gasteiger charge is 2.22. The van der Waals surface area contributed by atoms with Crippen molar-refractivity contribution in [1.82, 2.24) is 9.88 Å². The summed E-state index contributed by atoms with van der Waals surface area (Å²) in [5.41, 5.74) is 1.48. The van der Waals surface area contributed by atoms with Gasteiger partial charge >= 0.3 is 6.03 Å². The molecule has 2 rings (SSSR count). The van der Waals surface area contributed by atoms with E-state index in [9.17, 15) is 4.79 Å². The Labute approximate surface area is 117 Å². The number of aromatic nitrogens is 1. The normalized spacial score (nSPS) is 16.5. The van der Waals surface area contributed by atoms with Gasteiger partial charge in [-0.25, -0.2) is 9.78 Å².